The zero-order valence-corrected chi connectivity index (χ0v) is 8.06. The van der Waals surface area contributed by atoms with Crippen molar-refractivity contribution >= 4 is 0 Å². The van der Waals surface area contributed by atoms with E-state index < -0.39 is 0 Å². The third-order valence-electron chi connectivity index (χ3n) is 1.81. The molecular weight excluding hydrogens is 134 g/mol. The predicted octanol–water partition coefficient (Wildman–Crippen LogP) is 2.72. The first-order valence-electron chi connectivity index (χ1n) is 4.50. The number of allylic oxidation sites excluding steroid dienone is 2. The Morgan fingerprint density at radius 1 is 1.36 bits per heavy atom. The Bertz CT molecular complexity index is 114. The van der Waals surface area contributed by atoms with Crippen LogP contribution in [0, 0.1) is 5.41 Å². The van der Waals surface area contributed by atoms with Crippen molar-refractivity contribution < 1.29 is 0 Å². The Morgan fingerprint density at radius 3 is 2.45 bits per heavy atom. The third kappa shape index (κ3) is 6.11. The van der Waals surface area contributed by atoms with Crippen LogP contribution in [0.15, 0.2) is 12.2 Å². The second-order valence-electron chi connectivity index (χ2n) is 3.72. The molecular formula is C10H21N. The normalized spacial score (nSPS) is 12.7. The van der Waals surface area contributed by atoms with Crippen molar-refractivity contribution in [1.82, 2.24) is 0 Å². The van der Waals surface area contributed by atoms with Gasteiger partial charge in [-0.25, -0.2) is 0 Å². The Hall–Kier alpha value is -0.300. The van der Waals surface area contributed by atoms with Crippen LogP contribution < -0.4 is 5.73 Å². The maximum atomic E-state index is 5.48. The Labute approximate surface area is 70.7 Å². The average Bonchev–Trinajstić information content (AvgIpc) is 1.87. The van der Waals surface area contributed by atoms with Crippen molar-refractivity contribution in [2.75, 3.05) is 6.54 Å². The molecule has 0 saturated carbocycles. The quantitative estimate of drug-likeness (QED) is 0.607. The highest BCUT2D eigenvalue weighted by Crippen LogP contribution is 2.21. The van der Waals surface area contributed by atoms with Gasteiger partial charge < -0.3 is 5.73 Å². The zero-order valence-electron chi connectivity index (χ0n) is 8.06. The maximum absolute atomic E-state index is 5.48. The third-order valence-corrected chi connectivity index (χ3v) is 1.81. The van der Waals surface area contributed by atoms with Crippen molar-refractivity contribution in [3.05, 3.63) is 12.2 Å². The fourth-order valence-electron chi connectivity index (χ4n) is 1.02. The van der Waals surface area contributed by atoms with Crippen LogP contribution in [0.2, 0.25) is 0 Å². The zero-order chi connectivity index (χ0) is 8.74. The minimum absolute atomic E-state index is 0.296. The van der Waals surface area contributed by atoms with Crippen LogP contribution in [0.4, 0.5) is 0 Å². The van der Waals surface area contributed by atoms with E-state index in [2.05, 4.69) is 32.9 Å². The van der Waals surface area contributed by atoms with Crippen LogP contribution in [-0.4, -0.2) is 6.54 Å². The van der Waals surface area contributed by atoms with E-state index in [9.17, 15) is 0 Å². The molecule has 1 nitrogen and oxygen atoms in total. The largest absolute Gasteiger partial charge is 0.330 e. The van der Waals surface area contributed by atoms with Gasteiger partial charge >= 0.3 is 0 Å². The molecule has 0 rings (SSSR count). The number of nitrogens with two attached hydrogens (primary N) is 1. The van der Waals surface area contributed by atoms with Crippen LogP contribution in [0.1, 0.15) is 40.0 Å². The first-order valence-corrected chi connectivity index (χ1v) is 4.50. The second kappa shape index (κ2) is 5.36. The van der Waals surface area contributed by atoms with E-state index in [1.807, 2.05) is 0 Å². The van der Waals surface area contributed by atoms with E-state index >= 15 is 0 Å². The number of hydrogen-bond acceptors (Lipinski definition) is 1. The maximum Gasteiger partial charge on any atom is -0.00692 e. The highest BCUT2D eigenvalue weighted by atomic mass is 14.5. The van der Waals surface area contributed by atoms with Gasteiger partial charge in [-0.05, 0) is 24.8 Å². The first-order chi connectivity index (χ1) is 5.12. The van der Waals surface area contributed by atoms with E-state index in [-0.39, 0.29) is 0 Å². The summed E-state index contributed by atoms with van der Waals surface area (Å²) in [6.45, 7) is 7.43. The topological polar surface area (TPSA) is 26.0 Å². The van der Waals surface area contributed by atoms with Crippen LogP contribution in [0.3, 0.4) is 0 Å². The van der Waals surface area contributed by atoms with Crippen molar-refractivity contribution in [3.8, 4) is 0 Å². The fourth-order valence-corrected chi connectivity index (χ4v) is 1.02. The molecule has 66 valence electrons. The van der Waals surface area contributed by atoms with Gasteiger partial charge in [-0.3, -0.25) is 0 Å². The molecule has 0 unspecified atom stereocenters. The van der Waals surface area contributed by atoms with E-state index in [4.69, 9.17) is 5.73 Å². The van der Waals surface area contributed by atoms with Gasteiger partial charge in [-0.2, -0.15) is 0 Å². The van der Waals surface area contributed by atoms with Crippen molar-refractivity contribution in [2.45, 2.75) is 40.0 Å². The minimum atomic E-state index is 0.296. The highest BCUT2D eigenvalue weighted by Gasteiger charge is 2.10. The van der Waals surface area contributed by atoms with Crippen molar-refractivity contribution in [3.63, 3.8) is 0 Å². The molecule has 0 radical (unpaired) electrons. The van der Waals surface area contributed by atoms with Crippen molar-refractivity contribution in [1.29, 1.82) is 0 Å². The molecule has 0 aromatic carbocycles. The molecule has 0 atom stereocenters. The monoisotopic (exact) mass is 155 g/mol. The molecule has 0 aromatic rings. The molecule has 0 aliphatic carbocycles. The van der Waals surface area contributed by atoms with Gasteiger partial charge in [0.2, 0.25) is 0 Å². The highest BCUT2D eigenvalue weighted by molar-refractivity contribution is 4.94. The molecule has 0 aliphatic rings. The van der Waals surface area contributed by atoms with Crippen LogP contribution in [0.25, 0.3) is 0 Å². The summed E-state index contributed by atoms with van der Waals surface area (Å²) < 4.78 is 0. The lowest BCUT2D eigenvalue weighted by Gasteiger charge is -2.18. The van der Waals surface area contributed by atoms with Gasteiger partial charge in [0.1, 0.15) is 0 Å². The number of hydrogen-bond donors (Lipinski definition) is 1. The predicted molar refractivity (Wildman–Crippen MR) is 51.5 cm³/mol. The minimum Gasteiger partial charge on any atom is -0.330 e. The molecule has 11 heavy (non-hydrogen) atoms. The van der Waals surface area contributed by atoms with E-state index in [0.717, 1.165) is 13.0 Å². The Morgan fingerprint density at radius 2 is 2.00 bits per heavy atom. The molecule has 0 aromatic heterocycles. The second-order valence-corrected chi connectivity index (χ2v) is 3.72. The summed E-state index contributed by atoms with van der Waals surface area (Å²) in [5.41, 5.74) is 5.78. The average molecular weight is 155 g/mol. The summed E-state index contributed by atoms with van der Waals surface area (Å²) >= 11 is 0. The van der Waals surface area contributed by atoms with E-state index in [1.165, 1.54) is 12.8 Å². The molecule has 0 saturated heterocycles. The molecule has 0 bridgehead atoms. The van der Waals surface area contributed by atoms with Crippen LogP contribution in [-0.2, 0) is 0 Å². The molecule has 0 amide bonds. The lowest BCUT2D eigenvalue weighted by atomic mass is 9.89. The summed E-state index contributed by atoms with van der Waals surface area (Å²) in [7, 11) is 0. The number of rotatable bonds is 5. The molecule has 0 aliphatic heterocycles. The number of unbranched alkanes of at least 4 members (excludes halogenated alkanes) is 1. The SMILES string of the molecule is CCC/C=C/C(C)(C)CCN. The van der Waals surface area contributed by atoms with Gasteiger partial charge in [0.05, 0.1) is 0 Å². The smallest absolute Gasteiger partial charge is 0.00692 e. The molecule has 1 heteroatoms. The first kappa shape index (κ1) is 10.7. The lowest BCUT2D eigenvalue weighted by Crippen LogP contribution is -2.14. The van der Waals surface area contributed by atoms with Gasteiger partial charge in [-0.15, -0.1) is 0 Å². The molecule has 2 N–H and O–H groups in total. The summed E-state index contributed by atoms with van der Waals surface area (Å²) in [5.74, 6) is 0. The van der Waals surface area contributed by atoms with Gasteiger partial charge in [0.25, 0.3) is 0 Å². The van der Waals surface area contributed by atoms with E-state index in [0.29, 0.717) is 5.41 Å². The van der Waals surface area contributed by atoms with Crippen molar-refractivity contribution in [2.24, 2.45) is 11.1 Å². The van der Waals surface area contributed by atoms with Gasteiger partial charge in [0.15, 0.2) is 0 Å². The Balaban J connectivity index is 3.69. The van der Waals surface area contributed by atoms with Gasteiger partial charge in [0, 0.05) is 0 Å². The molecule has 0 heterocycles. The van der Waals surface area contributed by atoms with Gasteiger partial charge in [-0.1, -0.05) is 39.3 Å². The van der Waals surface area contributed by atoms with Crippen LogP contribution in [0.5, 0.6) is 0 Å². The van der Waals surface area contributed by atoms with Crippen LogP contribution >= 0.6 is 0 Å². The summed E-state index contributed by atoms with van der Waals surface area (Å²) in [4.78, 5) is 0. The fraction of sp³-hybridized carbons (Fsp3) is 0.800. The summed E-state index contributed by atoms with van der Waals surface area (Å²) in [6, 6.07) is 0. The standard InChI is InChI=1S/C10H21N/c1-4-5-6-7-10(2,3)8-9-11/h6-7H,4-5,8-9,11H2,1-3H3/b7-6+. The molecule has 0 spiro atoms. The molecule has 0 fully saturated rings. The summed E-state index contributed by atoms with van der Waals surface area (Å²) in [5, 5.41) is 0. The van der Waals surface area contributed by atoms with E-state index in [1.54, 1.807) is 0 Å². The Kier molecular flexibility index (Phi) is 5.22. The lowest BCUT2D eigenvalue weighted by molar-refractivity contribution is 0.444. The summed E-state index contributed by atoms with van der Waals surface area (Å²) in [6.07, 6.45) is 8.04.